The summed E-state index contributed by atoms with van der Waals surface area (Å²) in [6.07, 6.45) is 2.16. The van der Waals surface area contributed by atoms with E-state index in [0.29, 0.717) is 0 Å². The maximum absolute atomic E-state index is 11.9. The summed E-state index contributed by atoms with van der Waals surface area (Å²) in [6.45, 7) is 9.66. The van der Waals surface area contributed by atoms with Gasteiger partial charge >= 0.3 is 6.09 Å². The van der Waals surface area contributed by atoms with Crippen molar-refractivity contribution in [3.8, 4) is 0 Å². The second-order valence-corrected chi connectivity index (χ2v) is 8.28. The molecule has 0 radical (unpaired) electrons. The fraction of sp³-hybridized carbons (Fsp3) is 0.632. The molecular formula is C19H28N2O2. The van der Waals surface area contributed by atoms with Crippen LogP contribution in [0.5, 0.6) is 0 Å². The van der Waals surface area contributed by atoms with Crippen LogP contribution in [0.15, 0.2) is 30.3 Å². The molecule has 1 saturated carbocycles. The molecule has 1 aromatic rings. The van der Waals surface area contributed by atoms with Crippen LogP contribution in [0.2, 0.25) is 0 Å². The predicted molar refractivity (Wildman–Crippen MR) is 91.1 cm³/mol. The van der Waals surface area contributed by atoms with Gasteiger partial charge in [-0.3, -0.25) is 4.90 Å². The molecule has 4 heteroatoms. The summed E-state index contributed by atoms with van der Waals surface area (Å²) >= 11 is 0. The van der Waals surface area contributed by atoms with Gasteiger partial charge in [-0.15, -0.1) is 0 Å². The van der Waals surface area contributed by atoms with Crippen molar-refractivity contribution < 1.29 is 9.53 Å². The van der Waals surface area contributed by atoms with E-state index in [9.17, 15) is 4.79 Å². The first-order valence-electron chi connectivity index (χ1n) is 8.57. The maximum atomic E-state index is 11.9. The zero-order chi connectivity index (χ0) is 16.5. The van der Waals surface area contributed by atoms with Crippen LogP contribution in [0, 0.1) is 11.3 Å². The number of rotatable bonds is 4. The van der Waals surface area contributed by atoms with Crippen LogP contribution >= 0.6 is 0 Å². The Labute approximate surface area is 139 Å². The molecule has 4 rings (SSSR count). The van der Waals surface area contributed by atoms with E-state index < -0.39 is 5.60 Å². The largest absolute Gasteiger partial charge is 0.444 e. The minimum Gasteiger partial charge on any atom is -0.444 e. The summed E-state index contributed by atoms with van der Waals surface area (Å²) in [4.78, 5) is 14.4. The van der Waals surface area contributed by atoms with Gasteiger partial charge in [0.2, 0.25) is 0 Å². The SMILES string of the molecule is CC(C)(C)OC(=O)NCC12CC(CN(Cc3ccccc3)C1)C2. The number of fused-ring (bicyclic) bond motifs is 2. The lowest BCUT2D eigenvalue weighted by Crippen LogP contribution is -2.60. The number of benzene rings is 1. The highest BCUT2D eigenvalue weighted by Gasteiger charge is 2.49. The van der Waals surface area contributed by atoms with E-state index in [0.717, 1.165) is 25.6 Å². The molecule has 3 fully saturated rings. The van der Waals surface area contributed by atoms with Crippen molar-refractivity contribution in [2.45, 2.75) is 45.8 Å². The molecule has 1 amide bonds. The quantitative estimate of drug-likeness (QED) is 0.925. The Morgan fingerprint density at radius 3 is 2.65 bits per heavy atom. The van der Waals surface area contributed by atoms with Gasteiger partial charge < -0.3 is 10.1 Å². The number of amides is 1. The number of nitrogens with zero attached hydrogens (tertiary/aromatic N) is 1. The Morgan fingerprint density at radius 2 is 2.00 bits per heavy atom. The lowest BCUT2D eigenvalue weighted by molar-refractivity contribution is -0.0633. The normalized spacial score (nSPS) is 27.2. The molecule has 2 aliphatic heterocycles. The van der Waals surface area contributed by atoms with Gasteiger partial charge in [-0.1, -0.05) is 30.3 Å². The highest BCUT2D eigenvalue weighted by molar-refractivity contribution is 5.67. The van der Waals surface area contributed by atoms with E-state index in [1.54, 1.807) is 0 Å². The van der Waals surface area contributed by atoms with E-state index in [4.69, 9.17) is 4.74 Å². The molecule has 23 heavy (non-hydrogen) atoms. The van der Waals surface area contributed by atoms with E-state index in [1.807, 2.05) is 20.8 Å². The molecule has 4 nitrogen and oxygen atoms in total. The van der Waals surface area contributed by atoms with Crippen molar-refractivity contribution in [3.63, 3.8) is 0 Å². The highest BCUT2D eigenvalue weighted by atomic mass is 16.6. The molecular weight excluding hydrogens is 288 g/mol. The van der Waals surface area contributed by atoms with Crippen LogP contribution in [0.1, 0.15) is 39.2 Å². The molecule has 3 aliphatic rings. The number of hydrogen-bond donors (Lipinski definition) is 1. The van der Waals surface area contributed by atoms with Gasteiger partial charge in [0.05, 0.1) is 0 Å². The molecule has 0 spiro atoms. The van der Waals surface area contributed by atoms with Gasteiger partial charge in [0.25, 0.3) is 0 Å². The number of hydrogen-bond acceptors (Lipinski definition) is 3. The molecule has 2 heterocycles. The van der Waals surface area contributed by atoms with Crippen LogP contribution in [0.4, 0.5) is 4.79 Å². The first-order chi connectivity index (χ1) is 10.8. The number of piperidine rings is 2. The Bertz CT molecular complexity index is 544. The number of ether oxygens (including phenoxy) is 1. The summed E-state index contributed by atoms with van der Waals surface area (Å²) in [5.74, 6) is 0.785. The summed E-state index contributed by atoms with van der Waals surface area (Å²) in [5, 5.41) is 2.98. The van der Waals surface area contributed by atoms with E-state index in [-0.39, 0.29) is 11.5 Å². The molecule has 2 saturated heterocycles. The van der Waals surface area contributed by atoms with Crippen LogP contribution in [0.3, 0.4) is 0 Å². The van der Waals surface area contributed by atoms with Crippen molar-refractivity contribution in [2.75, 3.05) is 19.6 Å². The van der Waals surface area contributed by atoms with Gasteiger partial charge in [0.1, 0.15) is 5.60 Å². The molecule has 1 aliphatic carbocycles. The molecule has 1 aromatic carbocycles. The molecule has 1 N–H and O–H groups in total. The van der Waals surface area contributed by atoms with E-state index >= 15 is 0 Å². The predicted octanol–water partition coefficient (Wildman–Crippen LogP) is 3.42. The average molecular weight is 316 g/mol. The Balaban J connectivity index is 1.51. The Kier molecular flexibility index (Phi) is 4.37. The van der Waals surface area contributed by atoms with Gasteiger partial charge in [-0.25, -0.2) is 4.79 Å². The lowest BCUT2D eigenvalue weighted by atomic mass is 9.58. The fourth-order valence-electron chi connectivity index (χ4n) is 4.06. The molecule has 0 unspecified atom stereocenters. The van der Waals surface area contributed by atoms with Crippen LogP contribution < -0.4 is 5.32 Å². The smallest absolute Gasteiger partial charge is 0.407 e. The molecule has 2 bridgehead atoms. The number of alkyl carbamates (subject to hydrolysis) is 1. The number of carbonyl (C=O) groups is 1. The second kappa shape index (κ2) is 6.16. The Morgan fingerprint density at radius 1 is 1.30 bits per heavy atom. The van der Waals surface area contributed by atoms with E-state index in [1.165, 1.54) is 24.9 Å². The van der Waals surface area contributed by atoms with Crippen molar-refractivity contribution in [1.82, 2.24) is 10.2 Å². The average Bonchev–Trinajstić information content (AvgIpc) is 2.43. The minimum absolute atomic E-state index is 0.245. The zero-order valence-corrected chi connectivity index (χ0v) is 14.5. The highest BCUT2D eigenvalue weighted by Crippen LogP contribution is 2.50. The maximum Gasteiger partial charge on any atom is 0.407 e. The van der Waals surface area contributed by atoms with Crippen LogP contribution in [-0.2, 0) is 11.3 Å². The number of nitrogens with one attached hydrogen (secondary N) is 1. The third-order valence-electron chi connectivity index (χ3n) is 4.77. The zero-order valence-electron chi connectivity index (χ0n) is 14.5. The first kappa shape index (κ1) is 16.3. The third kappa shape index (κ3) is 4.25. The Hall–Kier alpha value is -1.55. The van der Waals surface area contributed by atoms with Crippen LogP contribution in [0.25, 0.3) is 0 Å². The van der Waals surface area contributed by atoms with E-state index in [2.05, 4.69) is 40.5 Å². The topological polar surface area (TPSA) is 41.6 Å². The van der Waals surface area contributed by atoms with Gasteiger partial charge in [0, 0.05) is 31.6 Å². The third-order valence-corrected chi connectivity index (χ3v) is 4.77. The van der Waals surface area contributed by atoms with Gasteiger partial charge in [0.15, 0.2) is 0 Å². The van der Waals surface area contributed by atoms with Crippen molar-refractivity contribution in [3.05, 3.63) is 35.9 Å². The second-order valence-electron chi connectivity index (χ2n) is 8.28. The minimum atomic E-state index is -0.435. The lowest BCUT2D eigenvalue weighted by Gasteiger charge is -2.56. The van der Waals surface area contributed by atoms with Gasteiger partial charge in [-0.05, 0) is 45.1 Å². The van der Waals surface area contributed by atoms with Gasteiger partial charge in [-0.2, -0.15) is 0 Å². The number of carbonyl (C=O) groups excluding carboxylic acids is 1. The van der Waals surface area contributed by atoms with Crippen LogP contribution in [-0.4, -0.2) is 36.2 Å². The molecule has 126 valence electrons. The van der Waals surface area contributed by atoms with Crippen molar-refractivity contribution >= 4 is 6.09 Å². The monoisotopic (exact) mass is 316 g/mol. The summed E-state index contributed by atoms with van der Waals surface area (Å²) in [5.41, 5.74) is 1.17. The summed E-state index contributed by atoms with van der Waals surface area (Å²) in [7, 11) is 0. The first-order valence-corrected chi connectivity index (χ1v) is 8.57. The fourth-order valence-corrected chi connectivity index (χ4v) is 4.06. The van der Waals surface area contributed by atoms with Crippen molar-refractivity contribution in [2.24, 2.45) is 11.3 Å². The van der Waals surface area contributed by atoms with Crippen molar-refractivity contribution in [1.29, 1.82) is 0 Å². The summed E-state index contributed by atoms with van der Waals surface area (Å²) < 4.78 is 5.35. The molecule has 0 aromatic heterocycles. The standard InChI is InChI=1S/C19H28N2O2/c1-18(2,3)23-17(22)20-13-19-9-16(10-19)12-21(14-19)11-15-7-5-4-6-8-15/h4-8,16H,9-14H2,1-3H3,(H,20,22). The molecule has 0 atom stereocenters. The summed E-state index contributed by atoms with van der Waals surface area (Å²) in [6, 6.07) is 10.6.